The highest BCUT2D eigenvalue weighted by Crippen LogP contribution is 2.38. The molecular weight excluding hydrogens is 609 g/mol. The van der Waals surface area contributed by atoms with Gasteiger partial charge in [-0.3, -0.25) is 29.8 Å². The normalized spacial score (nSPS) is 16.6. The fourth-order valence-corrected chi connectivity index (χ4v) is 5.38. The molecular formula is C27H33F3N6O9. The average Bonchev–Trinajstić information content (AvgIpc) is 3.49. The molecule has 0 saturated heterocycles. The zero-order valence-corrected chi connectivity index (χ0v) is 24.2. The Morgan fingerprint density at radius 3 is 2.40 bits per heavy atom. The van der Waals surface area contributed by atoms with E-state index >= 15 is 0 Å². The number of halogens is 3. The van der Waals surface area contributed by atoms with Crippen molar-refractivity contribution in [3.05, 3.63) is 62.2 Å². The Morgan fingerprint density at radius 2 is 1.84 bits per heavy atom. The van der Waals surface area contributed by atoms with E-state index in [4.69, 9.17) is 15.2 Å². The van der Waals surface area contributed by atoms with Crippen LogP contribution >= 0.6 is 0 Å². The number of nitrogens with two attached hydrogens (primary N) is 1. The van der Waals surface area contributed by atoms with E-state index in [1.807, 2.05) is 0 Å². The number of H-pyrrole nitrogens is 1. The molecule has 1 fully saturated rings. The van der Waals surface area contributed by atoms with E-state index in [-0.39, 0.29) is 25.4 Å². The number of hydrogen-bond acceptors (Lipinski definition) is 11. The van der Waals surface area contributed by atoms with Gasteiger partial charge in [-0.05, 0) is 25.3 Å². The standard InChI is InChI=1S/C27H33F3N6O9/c1-2-44-25(38)22(18-9-8-17(35(40)41)12-21(18)36(42)43)23(45-26(39)27(28,29)30)20(10-15-6-4-3-5-7-15)34-24(37)19(31)11-16-13-32-14-33-16/h8-9,12-15,19-20,22-23H,2-7,10-11,31H2,1H3,(H,32,33)(H,34,37)/t19-,20-,22?,23+/m0/s1. The highest BCUT2D eigenvalue weighted by molar-refractivity contribution is 5.84. The summed E-state index contributed by atoms with van der Waals surface area (Å²) in [5, 5.41) is 25.9. The van der Waals surface area contributed by atoms with Crippen molar-refractivity contribution in [1.29, 1.82) is 0 Å². The van der Waals surface area contributed by atoms with Gasteiger partial charge in [0.1, 0.15) is 12.0 Å². The molecule has 1 unspecified atom stereocenters. The number of imidazole rings is 1. The lowest BCUT2D eigenvalue weighted by Crippen LogP contribution is -2.55. The number of amides is 1. The largest absolute Gasteiger partial charge is 0.490 e. The third-order valence-electron chi connectivity index (χ3n) is 7.46. The fraction of sp³-hybridized carbons (Fsp3) is 0.556. The van der Waals surface area contributed by atoms with Gasteiger partial charge in [-0.25, -0.2) is 9.78 Å². The van der Waals surface area contributed by atoms with Gasteiger partial charge in [-0.1, -0.05) is 32.1 Å². The minimum Gasteiger partial charge on any atom is -0.465 e. The lowest BCUT2D eigenvalue weighted by Gasteiger charge is -2.36. The van der Waals surface area contributed by atoms with Crippen LogP contribution in [-0.2, 0) is 30.3 Å². The molecule has 1 aliphatic carbocycles. The highest BCUT2D eigenvalue weighted by atomic mass is 19.4. The highest BCUT2D eigenvalue weighted by Gasteiger charge is 2.49. The summed E-state index contributed by atoms with van der Waals surface area (Å²) >= 11 is 0. The summed E-state index contributed by atoms with van der Waals surface area (Å²) < 4.78 is 50.8. The quantitative estimate of drug-likeness (QED) is 0.154. The number of hydrogen-bond donors (Lipinski definition) is 3. The second kappa shape index (κ2) is 15.4. The number of aromatic amines is 1. The fourth-order valence-electron chi connectivity index (χ4n) is 5.38. The molecule has 1 aromatic heterocycles. The van der Waals surface area contributed by atoms with Crippen molar-refractivity contribution in [2.24, 2.45) is 11.7 Å². The van der Waals surface area contributed by atoms with Crippen LogP contribution in [0.3, 0.4) is 0 Å². The molecule has 4 N–H and O–H groups in total. The van der Waals surface area contributed by atoms with Crippen molar-refractivity contribution in [3.63, 3.8) is 0 Å². The molecule has 2 aromatic rings. The zero-order valence-electron chi connectivity index (χ0n) is 24.2. The number of alkyl halides is 3. The minimum atomic E-state index is -5.56. The maximum absolute atomic E-state index is 13.6. The van der Waals surface area contributed by atoms with Crippen molar-refractivity contribution >= 4 is 29.2 Å². The van der Waals surface area contributed by atoms with Crippen LogP contribution in [-0.4, -0.2) is 68.6 Å². The predicted octanol–water partition coefficient (Wildman–Crippen LogP) is 3.37. The van der Waals surface area contributed by atoms with Crippen molar-refractivity contribution in [2.75, 3.05) is 6.61 Å². The van der Waals surface area contributed by atoms with E-state index in [0.29, 0.717) is 24.6 Å². The number of nitro groups is 2. The number of carbonyl (C=O) groups excluding carboxylic acids is 3. The van der Waals surface area contributed by atoms with Crippen LogP contribution in [0.25, 0.3) is 0 Å². The Balaban J connectivity index is 2.18. The minimum absolute atomic E-state index is 0.0897. The third kappa shape index (κ3) is 9.44. The average molecular weight is 643 g/mol. The number of carbonyl (C=O) groups is 3. The smallest absolute Gasteiger partial charge is 0.465 e. The molecule has 45 heavy (non-hydrogen) atoms. The molecule has 4 atom stereocenters. The van der Waals surface area contributed by atoms with E-state index in [2.05, 4.69) is 15.3 Å². The second-order valence-electron chi connectivity index (χ2n) is 10.6. The summed E-state index contributed by atoms with van der Waals surface area (Å²) in [6, 6.07) is -0.656. The van der Waals surface area contributed by atoms with Crippen molar-refractivity contribution in [2.45, 2.75) is 82.2 Å². The number of nitrogens with zero attached hydrogens (tertiary/aromatic N) is 3. The molecule has 0 spiro atoms. The molecule has 0 aliphatic heterocycles. The van der Waals surface area contributed by atoms with Crippen LogP contribution in [0.15, 0.2) is 30.7 Å². The maximum atomic E-state index is 13.6. The first-order valence-electron chi connectivity index (χ1n) is 14.1. The molecule has 1 aromatic carbocycles. The van der Waals surface area contributed by atoms with Crippen molar-refractivity contribution in [1.82, 2.24) is 15.3 Å². The first-order valence-corrected chi connectivity index (χ1v) is 14.1. The summed E-state index contributed by atoms with van der Waals surface area (Å²) in [6.45, 7) is 1.04. The van der Waals surface area contributed by atoms with Crippen LogP contribution in [0.5, 0.6) is 0 Å². The van der Waals surface area contributed by atoms with Gasteiger partial charge in [0.2, 0.25) is 5.91 Å². The lowest BCUT2D eigenvalue weighted by molar-refractivity contribution is -0.394. The van der Waals surface area contributed by atoms with Gasteiger partial charge in [0.05, 0.1) is 46.6 Å². The van der Waals surface area contributed by atoms with Gasteiger partial charge in [-0.15, -0.1) is 0 Å². The summed E-state index contributed by atoms with van der Waals surface area (Å²) in [7, 11) is 0. The number of ether oxygens (including phenoxy) is 2. The van der Waals surface area contributed by atoms with Gasteiger partial charge in [0.25, 0.3) is 11.4 Å². The van der Waals surface area contributed by atoms with Crippen molar-refractivity contribution < 1.29 is 46.9 Å². The number of nitrogens with one attached hydrogen (secondary N) is 2. The number of nitro benzene ring substituents is 2. The SMILES string of the molecule is CCOC(=O)C(c1ccc([N+](=O)[O-])cc1[N+](=O)[O-])[C@H](OC(=O)C(F)(F)F)[C@H](CC1CCCCC1)NC(=O)[C@@H](N)Cc1c[nH]cn1. The maximum Gasteiger partial charge on any atom is 0.490 e. The van der Waals surface area contributed by atoms with Gasteiger partial charge < -0.3 is 25.5 Å². The van der Waals surface area contributed by atoms with Gasteiger partial charge in [0.15, 0.2) is 0 Å². The summed E-state index contributed by atoms with van der Waals surface area (Å²) in [6.07, 6.45) is -1.48. The van der Waals surface area contributed by atoms with Crippen LogP contribution in [0.2, 0.25) is 0 Å². The Morgan fingerprint density at radius 1 is 1.16 bits per heavy atom. The van der Waals surface area contributed by atoms with E-state index in [0.717, 1.165) is 31.4 Å². The Labute approximate surface area is 254 Å². The molecule has 1 saturated carbocycles. The number of benzene rings is 1. The first-order chi connectivity index (χ1) is 21.2. The molecule has 0 radical (unpaired) electrons. The third-order valence-corrected chi connectivity index (χ3v) is 7.46. The summed E-state index contributed by atoms with van der Waals surface area (Å²) in [4.78, 5) is 67.1. The summed E-state index contributed by atoms with van der Waals surface area (Å²) in [5.41, 5.74) is 4.10. The zero-order chi connectivity index (χ0) is 33.3. The molecule has 1 heterocycles. The Bertz CT molecular complexity index is 1370. The van der Waals surface area contributed by atoms with Gasteiger partial charge >= 0.3 is 18.1 Å². The predicted molar refractivity (Wildman–Crippen MR) is 148 cm³/mol. The van der Waals surface area contributed by atoms with Gasteiger partial charge in [0, 0.05) is 24.2 Å². The number of esters is 2. The lowest BCUT2D eigenvalue weighted by atomic mass is 9.79. The molecule has 18 heteroatoms. The van der Waals surface area contributed by atoms with Crippen molar-refractivity contribution in [3.8, 4) is 0 Å². The molecule has 15 nitrogen and oxygen atoms in total. The molecule has 1 amide bonds. The van der Waals surface area contributed by atoms with Crippen LogP contribution in [0, 0.1) is 26.1 Å². The van der Waals surface area contributed by atoms with Crippen LogP contribution in [0.4, 0.5) is 24.5 Å². The number of non-ortho nitro benzene ring substituents is 1. The van der Waals surface area contributed by atoms with E-state index in [1.165, 1.54) is 19.4 Å². The molecule has 1 aliphatic rings. The number of rotatable bonds is 14. The topological polar surface area (TPSA) is 223 Å². The first kappa shape index (κ1) is 34.9. The van der Waals surface area contributed by atoms with E-state index < -0.39 is 74.9 Å². The van der Waals surface area contributed by atoms with Crippen LogP contribution in [0.1, 0.15) is 62.6 Å². The van der Waals surface area contributed by atoms with E-state index in [1.54, 1.807) is 0 Å². The van der Waals surface area contributed by atoms with Crippen LogP contribution < -0.4 is 11.1 Å². The molecule has 3 rings (SSSR count). The van der Waals surface area contributed by atoms with E-state index in [9.17, 15) is 47.8 Å². The number of aromatic nitrogens is 2. The Hall–Kier alpha value is -4.61. The van der Waals surface area contributed by atoms with Gasteiger partial charge in [-0.2, -0.15) is 13.2 Å². The monoisotopic (exact) mass is 642 g/mol. The molecule has 246 valence electrons. The Kier molecular flexibility index (Phi) is 11.9. The molecule has 0 bridgehead atoms. The second-order valence-corrected chi connectivity index (χ2v) is 10.6. The summed E-state index contributed by atoms with van der Waals surface area (Å²) in [5.74, 6) is -7.25.